The van der Waals surface area contributed by atoms with Gasteiger partial charge in [-0.15, -0.1) is 0 Å². The van der Waals surface area contributed by atoms with E-state index in [2.05, 4.69) is 13.8 Å². The molecule has 1 rings (SSSR count). The number of phenolic OH excluding ortho intramolecular Hbond substituents is 1. The number of phenols is 1. The standard InChI is InChI=1S/C25H42O4/c1-17(2)12-10-9-11-13-29-22(27)16-21(26)18-14-19(24(3,4)5)23(28)20(15-18)25(6,7)8/h14-15,17,21,26,28H,9-13,16H2,1-8H3. The molecule has 0 amide bonds. The number of rotatable bonds is 9. The zero-order valence-electron chi connectivity index (χ0n) is 19.8. The molecular formula is C25H42O4. The van der Waals surface area contributed by atoms with Gasteiger partial charge in [-0.05, 0) is 52.0 Å². The Labute approximate surface area is 177 Å². The van der Waals surface area contributed by atoms with Crippen molar-refractivity contribution < 1.29 is 19.7 Å². The van der Waals surface area contributed by atoms with E-state index in [1.165, 1.54) is 6.42 Å². The second-order valence-corrected chi connectivity index (χ2v) is 10.6. The first-order valence-corrected chi connectivity index (χ1v) is 10.9. The molecule has 0 bridgehead atoms. The van der Waals surface area contributed by atoms with Gasteiger partial charge in [-0.3, -0.25) is 4.79 Å². The molecule has 0 radical (unpaired) electrons. The van der Waals surface area contributed by atoms with E-state index < -0.39 is 6.10 Å². The molecule has 0 aliphatic rings. The van der Waals surface area contributed by atoms with Crippen molar-refractivity contribution in [2.24, 2.45) is 5.92 Å². The molecule has 29 heavy (non-hydrogen) atoms. The summed E-state index contributed by atoms with van der Waals surface area (Å²) in [5.74, 6) is 0.586. The van der Waals surface area contributed by atoms with Crippen LogP contribution in [0.25, 0.3) is 0 Å². The first-order chi connectivity index (χ1) is 13.2. The number of hydrogen-bond acceptors (Lipinski definition) is 4. The van der Waals surface area contributed by atoms with Gasteiger partial charge in [0.15, 0.2) is 0 Å². The number of carbonyl (C=O) groups is 1. The molecule has 166 valence electrons. The summed E-state index contributed by atoms with van der Waals surface area (Å²) in [5, 5.41) is 21.5. The summed E-state index contributed by atoms with van der Waals surface area (Å²) >= 11 is 0. The lowest BCUT2D eigenvalue weighted by Gasteiger charge is -2.29. The summed E-state index contributed by atoms with van der Waals surface area (Å²) in [4.78, 5) is 12.2. The zero-order valence-corrected chi connectivity index (χ0v) is 19.8. The summed E-state index contributed by atoms with van der Waals surface area (Å²) in [7, 11) is 0. The highest BCUT2D eigenvalue weighted by atomic mass is 16.5. The van der Waals surface area contributed by atoms with Crippen LogP contribution in [0.3, 0.4) is 0 Å². The number of esters is 1. The average Bonchev–Trinajstić information content (AvgIpc) is 2.55. The van der Waals surface area contributed by atoms with Gasteiger partial charge >= 0.3 is 5.97 Å². The molecule has 4 nitrogen and oxygen atoms in total. The molecule has 2 N–H and O–H groups in total. The number of hydrogen-bond donors (Lipinski definition) is 2. The van der Waals surface area contributed by atoms with Gasteiger partial charge in [0.05, 0.1) is 19.1 Å². The Morgan fingerprint density at radius 2 is 1.48 bits per heavy atom. The molecular weight excluding hydrogens is 364 g/mol. The number of carbonyl (C=O) groups excluding carboxylic acids is 1. The quantitative estimate of drug-likeness (QED) is 0.380. The number of benzene rings is 1. The minimum Gasteiger partial charge on any atom is -0.507 e. The molecule has 1 atom stereocenters. The van der Waals surface area contributed by atoms with Crippen LogP contribution in [0.4, 0.5) is 0 Å². The molecule has 0 saturated heterocycles. The number of ether oxygens (including phenoxy) is 1. The monoisotopic (exact) mass is 406 g/mol. The molecule has 1 aromatic rings. The van der Waals surface area contributed by atoms with E-state index in [0.29, 0.717) is 18.1 Å². The summed E-state index contributed by atoms with van der Waals surface area (Å²) in [6.45, 7) is 17.0. The first kappa shape index (κ1) is 25.5. The average molecular weight is 407 g/mol. The van der Waals surface area contributed by atoms with Crippen LogP contribution >= 0.6 is 0 Å². The third-order valence-electron chi connectivity index (χ3n) is 5.18. The topological polar surface area (TPSA) is 66.8 Å². The predicted molar refractivity (Wildman–Crippen MR) is 119 cm³/mol. The molecule has 1 unspecified atom stereocenters. The van der Waals surface area contributed by atoms with Crippen molar-refractivity contribution in [1.82, 2.24) is 0 Å². The van der Waals surface area contributed by atoms with E-state index in [1.807, 2.05) is 53.7 Å². The van der Waals surface area contributed by atoms with Crippen LogP contribution in [0.1, 0.15) is 110 Å². The van der Waals surface area contributed by atoms with E-state index in [1.54, 1.807) is 0 Å². The van der Waals surface area contributed by atoms with Crippen molar-refractivity contribution in [3.63, 3.8) is 0 Å². The number of aromatic hydroxyl groups is 1. The number of unbranched alkanes of at least 4 members (excludes halogenated alkanes) is 2. The van der Waals surface area contributed by atoms with Gasteiger partial charge in [0, 0.05) is 0 Å². The molecule has 0 aromatic heterocycles. The molecule has 0 aliphatic carbocycles. The fraction of sp³-hybridized carbons (Fsp3) is 0.720. The maximum atomic E-state index is 12.2. The maximum absolute atomic E-state index is 12.2. The Bertz CT molecular complexity index is 627. The van der Waals surface area contributed by atoms with Gasteiger partial charge < -0.3 is 14.9 Å². The first-order valence-electron chi connectivity index (χ1n) is 10.9. The van der Waals surface area contributed by atoms with Crippen molar-refractivity contribution in [2.75, 3.05) is 6.61 Å². The normalized spacial score (nSPS) is 13.6. The van der Waals surface area contributed by atoms with Crippen LogP contribution in [-0.4, -0.2) is 22.8 Å². The number of aliphatic hydroxyl groups excluding tert-OH is 1. The van der Waals surface area contributed by atoms with Crippen LogP contribution in [0.15, 0.2) is 12.1 Å². The lowest BCUT2D eigenvalue weighted by Crippen LogP contribution is -2.19. The maximum Gasteiger partial charge on any atom is 0.308 e. The number of aliphatic hydroxyl groups is 1. The fourth-order valence-corrected chi connectivity index (χ4v) is 3.34. The molecule has 0 fully saturated rings. The molecule has 1 aromatic carbocycles. The van der Waals surface area contributed by atoms with Crippen LogP contribution in [-0.2, 0) is 20.4 Å². The predicted octanol–water partition coefficient (Wildman–Crippen LogP) is 6.17. The molecule has 0 aliphatic heterocycles. The zero-order chi connectivity index (χ0) is 22.4. The third-order valence-corrected chi connectivity index (χ3v) is 5.18. The summed E-state index contributed by atoms with van der Waals surface area (Å²) in [5.41, 5.74) is 1.63. The van der Waals surface area contributed by atoms with Crippen molar-refractivity contribution in [3.8, 4) is 5.75 Å². The molecule has 0 saturated carbocycles. The van der Waals surface area contributed by atoms with Gasteiger partial charge in [0.2, 0.25) is 0 Å². The minimum absolute atomic E-state index is 0.0794. The van der Waals surface area contributed by atoms with Gasteiger partial charge in [0.1, 0.15) is 5.75 Å². The SMILES string of the molecule is CC(C)CCCCCOC(=O)CC(O)c1cc(C(C)(C)C)c(O)c(C(C)(C)C)c1. The fourth-order valence-electron chi connectivity index (χ4n) is 3.34. The smallest absolute Gasteiger partial charge is 0.308 e. The summed E-state index contributed by atoms with van der Waals surface area (Å²) in [6, 6.07) is 3.63. The van der Waals surface area contributed by atoms with Crippen molar-refractivity contribution in [1.29, 1.82) is 0 Å². The second kappa shape index (κ2) is 10.5. The molecule has 4 heteroatoms. The van der Waals surface area contributed by atoms with Gasteiger partial charge in [-0.25, -0.2) is 0 Å². The highest BCUT2D eigenvalue weighted by molar-refractivity contribution is 5.70. The van der Waals surface area contributed by atoms with Crippen LogP contribution < -0.4 is 0 Å². The van der Waals surface area contributed by atoms with Crippen LogP contribution in [0, 0.1) is 5.92 Å². The van der Waals surface area contributed by atoms with Crippen molar-refractivity contribution in [2.45, 2.75) is 104 Å². The van der Waals surface area contributed by atoms with Crippen LogP contribution in [0.2, 0.25) is 0 Å². The lowest BCUT2D eigenvalue weighted by molar-refractivity contribution is -0.146. The highest BCUT2D eigenvalue weighted by Crippen LogP contribution is 2.41. The van der Waals surface area contributed by atoms with Crippen molar-refractivity contribution >= 4 is 5.97 Å². The minimum atomic E-state index is -0.953. The Kier molecular flexibility index (Phi) is 9.20. The van der Waals surface area contributed by atoms with E-state index in [4.69, 9.17) is 4.74 Å². The highest BCUT2D eigenvalue weighted by Gasteiger charge is 2.28. The van der Waals surface area contributed by atoms with Gasteiger partial charge in [0.25, 0.3) is 0 Å². The van der Waals surface area contributed by atoms with E-state index >= 15 is 0 Å². The van der Waals surface area contributed by atoms with Gasteiger partial charge in [-0.2, -0.15) is 0 Å². The van der Waals surface area contributed by atoms with Crippen LogP contribution in [0.5, 0.6) is 5.75 Å². The third kappa shape index (κ3) is 8.38. The van der Waals surface area contributed by atoms with Gasteiger partial charge in [-0.1, -0.05) is 74.7 Å². The largest absolute Gasteiger partial charge is 0.507 e. The summed E-state index contributed by atoms with van der Waals surface area (Å²) < 4.78 is 5.31. The van der Waals surface area contributed by atoms with E-state index in [0.717, 1.165) is 30.4 Å². The lowest BCUT2D eigenvalue weighted by atomic mass is 9.78. The van der Waals surface area contributed by atoms with E-state index in [9.17, 15) is 15.0 Å². The Hall–Kier alpha value is -1.55. The van der Waals surface area contributed by atoms with Crippen molar-refractivity contribution in [3.05, 3.63) is 28.8 Å². The summed E-state index contributed by atoms with van der Waals surface area (Å²) in [6.07, 6.45) is 3.22. The second-order valence-electron chi connectivity index (χ2n) is 10.6. The molecule has 0 heterocycles. The Balaban J connectivity index is 2.81. The Morgan fingerprint density at radius 3 is 1.93 bits per heavy atom. The molecule has 0 spiro atoms. The Morgan fingerprint density at radius 1 is 0.966 bits per heavy atom. The van der Waals surface area contributed by atoms with E-state index in [-0.39, 0.29) is 29.0 Å².